The Hall–Kier alpha value is -6.12. The van der Waals surface area contributed by atoms with Crippen molar-refractivity contribution < 1.29 is 4.42 Å². The summed E-state index contributed by atoms with van der Waals surface area (Å²) in [6, 6.07) is 62.7. The van der Waals surface area contributed by atoms with E-state index in [0.29, 0.717) is 0 Å². The van der Waals surface area contributed by atoms with E-state index in [1.807, 2.05) is 12.1 Å². The van der Waals surface area contributed by atoms with Crippen LogP contribution in [-0.2, 0) is 0 Å². The first-order valence-corrected chi connectivity index (χ1v) is 15.7. The van der Waals surface area contributed by atoms with Crippen LogP contribution >= 0.6 is 0 Å². The lowest BCUT2D eigenvalue weighted by Crippen LogP contribution is -2.10. The second kappa shape index (κ2) is 10.8. The summed E-state index contributed by atoms with van der Waals surface area (Å²) in [5.74, 6) is 0. The van der Waals surface area contributed by atoms with Crippen LogP contribution in [0.1, 0.15) is 0 Å². The lowest BCUT2D eigenvalue weighted by molar-refractivity contribution is 0.669. The molecule has 8 aromatic carbocycles. The molecule has 0 radical (unpaired) electrons. The molecule has 216 valence electrons. The molecular formula is C44H29NO. The van der Waals surface area contributed by atoms with Gasteiger partial charge >= 0.3 is 0 Å². The Bertz CT molecular complexity index is 2520. The molecule has 0 aliphatic heterocycles. The number of rotatable bonds is 5. The Kier molecular flexibility index (Phi) is 6.17. The van der Waals surface area contributed by atoms with Crippen molar-refractivity contribution in [3.63, 3.8) is 0 Å². The molecule has 0 aliphatic rings. The maximum Gasteiger partial charge on any atom is 0.137 e. The van der Waals surface area contributed by atoms with Gasteiger partial charge in [0.15, 0.2) is 0 Å². The Morgan fingerprint density at radius 2 is 0.957 bits per heavy atom. The van der Waals surface area contributed by atoms with E-state index in [9.17, 15) is 0 Å². The van der Waals surface area contributed by atoms with E-state index >= 15 is 0 Å². The van der Waals surface area contributed by atoms with E-state index in [1.165, 1.54) is 43.8 Å². The number of hydrogen-bond donors (Lipinski definition) is 0. The number of fused-ring (bicyclic) bond motifs is 5. The average molecular weight is 588 g/mol. The predicted octanol–water partition coefficient (Wildman–Crippen LogP) is 12.7. The van der Waals surface area contributed by atoms with Crippen molar-refractivity contribution in [3.05, 3.63) is 176 Å². The van der Waals surface area contributed by atoms with Gasteiger partial charge in [-0.1, -0.05) is 133 Å². The third-order valence-electron chi connectivity index (χ3n) is 9.05. The molecule has 1 heterocycles. The first kappa shape index (κ1) is 26.3. The van der Waals surface area contributed by atoms with Crippen LogP contribution in [0.2, 0.25) is 0 Å². The smallest absolute Gasteiger partial charge is 0.137 e. The molecule has 46 heavy (non-hydrogen) atoms. The molecule has 0 amide bonds. The summed E-state index contributed by atoms with van der Waals surface area (Å²) in [4.78, 5) is 2.34. The van der Waals surface area contributed by atoms with Crippen molar-refractivity contribution in [2.75, 3.05) is 4.90 Å². The molecular weight excluding hydrogens is 558 g/mol. The number of benzene rings is 8. The van der Waals surface area contributed by atoms with E-state index < -0.39 is 0 Å². The molecule has 0 N–H and O–H groups in total. The highest BCUT2D eigenvalue weighted by molar-refractivity contribution is 6.08. The second-order valence-electron chi connectivity index (χ2n) is 11.7. The SMILES string of the molecule is c1ccc(-c2cccc3cccc(-c4ccc(N(c5ccc6c(c5)oc5ccccc56)c5cccc6ccccc56)cc4)c23)cc1. The summed E-state index contributed by atoms with van der Waals surface area (Å²) in [5.41, 5.74) is 9.91. The molecule has 0 bridgehead atoms. The molecule has 0 fully saturated rings. The molecule has 2 nitrogen and oxygen atoms in total. The average Bonchev–Trinajstić information content (AvgIpc) is 3.50. The predicted molar refractivity (Wildman–Crippen MR) is 194 cm³/mol. The van der Waals surface area contributed by atoms with Crippen molar-refractivity contribution in [2.24, 2.45) is 0 Å². The fourth-order valence-corrected chi connectivity index (χ4v) is 6.91. The van der Waals surface area contributed by atoms with Gasteiger partial charge in [0, 0.05) is 33.6 Å². The van der Waals surface area contributed by atoms with Crippen molar-refractivity contribution in [1.82, 2.24) is 0 Å². The van der Waals surface area contributed by atoms with Gasteiger partial charge in [-0.05, 0) is 74.8 Å². The van der Waals surface area contributed by atoms with Crippen LogP contribution in [0.5, 0.6) is 0 Å². The molecule has 2 heteroatoms. The second-order valence-corrected chi connectivity index (χ2v) is 11.7. The molecule has 0 atom stereocenters. The quantitative estimate of drug-likeness (QED) is 0.199. The summed E-state index contributed by atoms with van der Waals surface area (Å²) in [5, 5.41) is 7.16. The van der Waals surface area contributed by atoms with Crippen molar-refractivity contribution in [1.29, 1.82) is 0 Å². The number of para-hydroxylation sites is 1. The van der Waals surface area contributed by atoms with Crippen LogP contribution in [0.25, 0.3) is 65.7 Å². The van der Waals surface area contributed by atoms with Gasteiger partial charge in [0.2, 0.25) is 0 Å². The van der Waals surface area contributed by atoms with Crippen molar-refractivity contribution in [3.8, 4) is 22.3 Å². The molecule has 9 rings (SSSR count). The van der Waals surface area contributed by atoms with Gasteiger partial charge in [0.05, 0.1) is 5.69 Å². The van der Waals surface area contributed by atoms with E-state index in [-0.39, 0.29) is 0 Å². The third kappa shape index (κ3) is 4.35. The summed E-state index contributed by atoms with van der Waals surface area (Å²) in [6.45, 7) is 0. The summed E-state index contributed by atoms with van der Waals surface area (Å²) >= 11 is 0. The Morgan fingerprint density at radius 3 is 1.76 bits per heavy atom. The molecule has 0 saturated heterocycles. The minimum absolute atomic E-state index is 0.879. The lowest BCUT2D eigenvalue weighted by Gasteiger charge is -2.27. The largest absolute Gasteiger partial charge is 0.456 e. The van der Waals surface area contributed by atoms with E-state index in [4.69, 9.17) is 4.42 Å². The summed E-state index contributed by atoms with van der Waals surface area (Å²) in [6.07, 6.45) is 0. The highest BCUT2D eigenvalue weighted by Crippen LogP contribution is 2.43. The summed E-state index contributed by atoms with van der Waals surface area (Å²) in [7, 11) is 0. The monoisotopic (exact) mass is 587 g/mol. The number of anilines is 3. The number of nitrogens with zero attached hydrogens (tertiary/aromatic N) is 1. The molecule has 0 saturated carbocycles. The molecule has 0 aliphatic carbocycles. The zero-order valence-corrected chi connectivity index (χ0v) is 25.1. The first-order chi connectivity index (χ1) is 22.8. The van der Waals surface area contributed by atoms with Gasteiger partial charge in [-0.3, -0.25) is 0 Å². The zero-order chi connectivity index (χ0) is 30.5. The Morgan fingerprint density at radius 1 is 0.370 bits per heavy atom. The summed E-state index contributed by atoms with van der Waals surface area (Å²) < 4.78 is 6.34. The van der Waals surface area contributed by atoms with Crippen LogP contribution in [-0.4, -0.2) is 0 Å². The van der Waals surface area contributed by atoms with Crippen LogP contribution in [0.3, 0.4) is 0 Å². The first-order valence-electron chi connectivity index (χ1n) is 15.7. The van der Waals surface area contributed by atoms with Gasteiger partial charge in [0.25, 0.3) is 0 Å². The van der Waals surface area contributed by atoms with Crippen LogP contribution < -0.4 is 4.90 Å². The maximum atomic E-state index is 6.34. The highest BCUT2D eigenvalue weighted by Gasteiger charge is 2.18. The normalized spacial score (nSPS) is 11.5. The Balaban J connectivity index is 1.22. The fraction of sp³-hybridized carbons (Fsp3) is 0. The highest BCUT2D eigenvalue weighted by atomic mass is 16.3. The topological polar surface area (TPSA) is 16.4 Å². The molecule has 9 aromatic rings. The van der Waals surface area contributed by atoms with Crippen LogP contribution in [0.4, 0.5) is 17.1 Å². The van der Waals surface area contributed by atoms with Gasteiger partial charge < -0.3 is 9.32 Å². The number of hydrogen-bond acceptors (Lipinski definition) is 2. The number of furan rings is 1. The molecule has 0 unspecified atom stereocenters. The van der Waals surface area contributed by atoms with E-state index in [2.05, 4.69) is 169 Å². The van der Waals surface area contributed by atoms with Gasteiger partial charge in [0.1, 0.15) is 11.2 Å². The van der Waals surface area contributed by atoms with E-state index in [1.54, 1.807) is 0 Å². The maximum absolute atomic E-state index is 6.34. The minimum Gasteiger partial charge on any atom is -0.456 e. The Labute approximate surface area is 267 Å². The van der Waals surface area contributed by atoms with Gasteiger partial charge in [-0.25, -0.2) is 0 Å². The molecule has 0 spiro atoms. The van der Waals surface area contributed by atoms with Crippen molar-refractivity contribution >= 4 is 60.5 Å². The van der Waals surface area contributed by atoms with Crippen LogP contribution in [0.15, 0.2) is 180 Å². The van der Waals surface area contributed by atoms with Crippen molar-refractivity contribution in [2.45, 2.75) is 0 Å². The van der Waals surface area contributed by atoms with Gasteiger partial charge in [-0.15, -0.1) is 0 Å². The van der Waals surface area contributed by atoms with E-state index in [0.717, 1.165) is 39.0 Å². The zero-order valence-electron chi connectivity index (χ0n) is 25.1. The fourth-order valence-electron chi connectivity index (χ4n) is 6.91. The van der Waals surface area contributed by atoms with Crippen LogP contribution in [0, 0.1) is 0 Å². The van der Waals surface area contributed by atoms with Gasteiger partial charge in [-0.2, -0.15) is 0 Å². The third-order valence-corrected chi connectivity index (χ3v) is 9.05. The standard InChI is InChI=1S/C44H29NO/c1-2-11-31(12-3-1)37-19-8-15-33-16-9-20-38(44(33)37)32-23-25-34(26-24-32)45(41-21-10-14-30-13-4-5-17-36(30)41)35-27-28-40-39-18-6-7-22-42(39)46-43(40)29-35/h1-29H. The molecule has 1 aromatic heterocycles. The lowest BCUT2D eigenvalue weighted by atomic mass is 9.91. The minimum atomic E-state index is 0.879.